The van der Waals surface area contributed by atoms with Gasteiger partial charge in [-0.2, -0.15) is 0 Å². The van der Waals surface area contributed by atoms with E-state index < -0.39 is 41.4 Å². The number of ether oxygens (including phenoxy) is 4. The van der Waals surface area contributed by atoms with Crippen LogP contribution in [0.5, 0.6) is 0 Å². The summed E-state index contributed by atoms with van der Waals surface area (Å²) < 4.78 is 23.6. The van der Waals surface area contributed by atoms with Gasteiger partial charge in [0, 0.05) is 25.4 Å². The lowest BCUT2D eigenvalue weighted by atomic mass is 9.60. The highest BCUT2D eigenvalue weighted by molar-refractivity contribution is 6.07. The van der Waals surface area contributed by atoms with E-state index in [-0.39, 0.29) is 74.9 Å². The van der Waals surface area contributed by atoms with Crippen molar-refractivity contribution in [2.75, 3.05) is 40.1 Å². The van der Waals surface area contributed by atoms with Gasteiger partial charge in [0.15, 0.2) is 0 Å². The number of hydrogen-bond acceptors (Lipinski definition) is 10. The molecule has 54 heavy (non-hydrogen) atoms. The van der Waals surface area contributed by atoms with Crippen molar-refractivity contribution in [3.63, 3.8) is 0 Å². The molecule has 12 heteroatoms. The van der Waals surface area contributed by atoms with E-state index in [1.807, 2.05) is 0 Å². The molecule has 3 aliphatic heterocycles. The van der Waals surface area contributed by atoms with Gasteiger partial charge in [-0.3, -0.25) is 19.3 Å². The first-order chi connectivity index (χ1) is 26.4. The Morgan fingerprint density at radius 1 is 0.889 bits per heavy atom. The predicted octanol–water partition coefficient (Wildman–Crippen LogP) is 5.42. The molecule has 2 N–H and O–H groups in total. The topological polar surface area (TPSA) is 144 Å². The summed E-state index contributed by atoms with van der Waals surface area (Å²) in [7, 11) is 1.53. The number of esters is 1. The summed E-state index contributed by atoms with van der Waals surface area (Å²) in [5.41, 5.74) is 0.0260. The maximum absolute atomic E-state index is 15.9. The molecule has 0 aromatic rings. The Morgan fingerprint density at radius 3 is 2.24 bits per heavy atom. The molecule has 0 bridgehead atoms. The molecule has 4 aliphatic carbocycles. The second-order valence-corrected chi connectivity index (χ2v) is 16.9. The summed E-state index contributed by atoms with van der Waals surface area (Å²) in [6.07, 6.45) is 17.0. The van der Waals surface area contributed by atoms with Gasteiger partial charge in [0.05, 0.1) is 37.9 Å². The second kappa shape index (κ2) is 17.6. The van der Waals surface area contributed by atoms with Gasteiger partial charge >= 0.3 is 12.1 Å². The number of aliphatic hydroxyl groups is 1. The molecule has 0 unspecified atom stereocenters. The molecule has 6 atom stereocenters. The van der Waals surface area contributed by atoms with E-state index in [0.29, 0.717) is 18.5 Å². The molecular weight excluding hydrogens is 690 g/mol. The Bertz CT molecular complexity index is 1410. The lowest BCUT2D eigenvalue weighted by molar-refractivity contribution is -0.190. The van der Waals surface area contributed by atoms with E-state index in [1.165, 1.54) is 24.9 Å². The number of allylic oxidation sites excluding steroid dienone is 1. The van der Waals surface area contributed by atoms with Crippen molar-refractivity contribution < 1.29 is 43.2 Å². The van der Waals surface area contributed by atoms with Gasteiger partial charge in [0.1, 0.15) is 24.2 Å². The Balaban J connectivity index is 1.42. The number of rotatable bonds is 12. The van der Waals surface area contributed by atoms with Crippen LogP contribution in [0.4, 0.5) is 4.79 Å². The van der Waals surface area contributed by atoms with E-state index in [1.54, 1.807) is 6.08 Å². The lowest BCUT2D eigenvalue weighted by Gasteiger charge is -2.53. The van der Waals surface area contributed by atoms with Crippen LogP contribution in [0.2, 0.25) is 0 Å². The molecule has 12 nitrogen and oxygen atoms in total. The van der Waals surface area contributed by atoms with Crippen molar-refractivity contribution in [1.29, 1.82) is 0 Å². The normalized spacial score (nSPS) is 35.1. The first-order valence-corrected chi connectivity index (χ1v) is 21.2. The molecule has 7 rings (SSSR count). The number of fused-ring (bicyclic) bond motifs is 2. The van der Waals surface area contributed by atoms with Crippen LogP contribution in [0.25, 0.3) is 0 Å². The van der Waals surface area contributed by atoms with Gasteiger partial charge < -0.3 is 29.4 Å². The van der Waals surface area contributed by atoms with Gasteiger partial charge in [-0.25, -0.2) is 9.69 Å². The fraction of sp³-hybridized carbons (Fsp3) is 0.810. The number of morpholine rings is 1. The molecular formula is C42H63N3O9. The number of carbonyl (C=O) groups excluding carboxylic acids is 4. The number of imide groups is 1. The highest BCUT2D eigenvalue weighted by Gasteiger charge is 2.77. The van der Waals surface area contributed by atoms with E-state index in [0.717, 1.165) is 95.5 Å². The molecule has 2 saturated heterocycles. The van der Waals surface area contributed by atoms with Crippen molar-refractivity contribution >= 4 is 23.9 Å². The molecule has 3 heterocycles. The molecule has 3 amide bonds. The van der Waals surface area contributed by atoms with E-state index in [4.69, 9.17) is 18.9 Å². The van der Waals surface area contributed by atoms with Crippen LogP contribution in [0.15, 0.2) is 23.9 Å². The summed E-state index contributed by atoms with van der Waals surface area (Å²) in [6, 6.07) is -1.61. The van der Waals surface area contributed by atoms with Gasteiger partial charge in [-0.1, -0.05) is 44.6 Å². The fourth-order valence-electron chi connectivity index (χ4n) is 12.1. The number of cyclic esters (lactones) is 1. The number of amides is 3. The lowest BCUT2D eigenvalue weighted by Crippen LogP contribution is -2.66. The first-order valence-electron chi connectivity index (χ1n) is 21.2. The molecule has 5 fully saturated rings. The van der Waals surface area contributed by atoms with E-state index >= 15 is 4.79 Å². The van der Waals surface area contributed by atoms with Crippen molar-refractivity contribution in [1.82, 2.24) is 15.1 Å². The molecule has 0 aromatic heterocycles. The molecule has 0 radical (unpaired) electrons. The van der Waals surface area contributed by atoms with Crippen LogP contribution in [0.1, 0.15) is 116 Å². The maximum Gasteiger partial charge on any atom is 0.421 e. The zero-order chi connectivity index (χ0) is 37.8. The smallest absolute Gasteiger partial charge is 0.421 e. The number of carbonyl (C=O) groups is 4. The average Bonchev–Trinajstić information content (AvgIpc) is 3.66. The summed E-state index contributed by atoms with van der Waals surface area (Å²) in [4.78, 5) is 63.6. The number of nitrogens with zero attached hydrogens (tertiary/aromatic N) is 2. The van der Waals surface area contributed by atoms with Crippen LogP contribution in [0, 0.1) is 29.1 Å². The summed E-state index contributed by atoms with van der Waals surface area (Å²) in [5, 5.41) is 12.6. The summed E-state index contributed by atoms with van der Waals surface area (Å²) in [5.74, 6) is -1.88. The van der Waals surface area contributed by atoms with Gasteiger partial charge in [0.25, 0.3) is 0 Å². The van der Waals surface area contributed by atoms with Gasteiger partial charge in [-0.05, 0) is 100 Å². The molecule has 7 aliphatic rings. The SMILES string of the molecule is C=CCNC(=O)[C@@H]1[C@H]2C(=O)O[C@H](C3CCCCC3)[C@H](C3CCCCC3)N2[C@H](C2CCC(OCCO)CC2)[C@@]12C(=O)N(C(=O)OCCOC)C1=C2CCCC1. The quantitative estimate of drug-likeness (QED) is 0.151. The number of aliphatic hydroxyl groups excluding tert-OH is 1. The highest BCUT2D eigenvalue weighted by atomic mass is 16.6. The zero-order valence-electron chi connectivity index (χ0n) is 32.4. The van der Waals surface area contributed by atoms with E-state index in [2.05, 4.69) is 16.8 Å². The van der Waals surface area contributed by atoms with Crippen molar-refractivity contribution in [2.45, 2.75) is 146 Å². The number of hydrogen-bond donors (Lipinski definition) is 2. The molecule has 3 saturated carbocycles. The van der Waals surface area contributed by atoms with Crippen LogP contribution in [-0.4, -0.2) is 109 Å². The highest BCUT2D eigenvalue weighted by Crippen LogP contribution is 2.64. The third kappa shape index (κ3) is 7.06. The third-order valence-electron chi connectivity index (χ3n) is 14.1. The minimum Gasteiger partial charge on any atom is -0.459 e. The first kappa shape index (κ1) is 39.4. The molecule has 1 spiro atoms. The average molecular weight is 754 g/mol. The largest absolute Gasteiger partial charge is 0.459 e. The van der Waals surface area contributed by atoms with E-state index in [9.17, 15) is 19.5 Å². The fourth-order valence-corrected chi connectivity index (χ4v) is 12.1. The van der Waals surface area contributed by atoms with Crippen LogP contribution >= 0.6 is 0 Å². The second-order valence-electron chi connectivity index (χ2n) is 16.9. The summed E-state index contributed by atoms with van der Waals surface area (Å²) >= 11 is 0. The minimum absolute atomic E-state index is 0.00679. The van der Waals surface area contributed by atoms with Crippen molar-refractivity contribution in [3.8, 4) is 0 Å². The van der Waals surface area contributed by atoms with Crippen LogP contribution < -0.4 is 5.32 Å². The number of nitrogens with one attached hydrogen (secondary N) is 1. The number of methoxy groups -OCH3 is 1. The third-order valence-corrected chi connectivity index (χ3v) is 14.1. The Hall–Kier alpha value is -2.80. The monoisotopic (exact) mass is 753 g/mol. The summed E-state index contributed by atoms with van der Waals surface area (Å²) in [6.45, 7) is 4.45. The van der Waals surface area contributed by atoms with Crippen LogP contribution in [0.3, 0.4) is 0 Å². The Kier molecular flexibility index (Phi) is 12.8. The molecule has 0 aromatic carbocycles. The Labute approximate surface area is 320 Å². The predicted molar refractivity (Wildman–Crippen MR) is 200 cm³/mol. The Morgan fingerprint density at radius 2 is 1.57 bits per heavy atom. The maximum atomic E-state index is 15.9. The van der Waals surface area contributed by atoms with Crippen molar-refractivity contribution in [3.05, 3.63) is 23.9 Å². The standard InChI is InChI=1S/C42H63N3O9/c1-3-22-43-38(47)33-35-39(48)54-36(28-14-8-5-9-15-28)34(27-12-6-4-7-13-27)45(35)37(29-18-20-30(21-19-29)52-24-23-46)42(33)31-16-10-11-17-32(31)44(40(42)49)41(50)53-26-25-51-2/h3,27-30,33-37,46H,1,4-26H2,2H3,(H,43,47)/t29?,30?,33-,34-,35-,36+,37+,42-/m0/s1. The zero-order valence-corrected chi connectivity index (χ0v) is 32.4. The van der Waals surface area contributed by atoms with Gasteiger partial charge in [-0.15, -0.1) is 6.58 Å². The van der Waals surface area contributed by atoms with Crippen molar-refractivity contribution in [2.24, 2.45) is 29.1 Å². The van der Waals surface area contributed by atoms with Gasteiger partial charge in [0.2, 0.25) is 11.8 Å². The van der Waals surface area contributed by atoms with Crippen LogP contribution in [-0.2, 0) is 33.3 Å². The molecule has 300 valence electrons. The minimum atomic E-state index is -1.46.